The van der Waals surface area contributed by atoms with Crippen molar-refractivity contribution in [3.63, 3.8) is 0 Å². The predicted octanol–water partition coefficient (Wildman–Crippen LogP) is 3.36. The van der Waals surface area contributed by atoms with Crippen molar-refractivity contribution >= 4 is 17.5 Å². The molecule has 3 saturated heterocycles. The molecule has 0 spiro atoms. The lowest BCUT2D eigenvalue weighted by molar-refractivity contribution is -0.139. The number of nitrogens with zero attached hydrogens (tertiary/aromatic N) is 4. The molecule has 0 aliphatic carbocycles. The van der Waals surface area contributed by atoms with Gasteiger partial charge in [-0.2, -0.15) is 5.10 Å². The van der Waals surface area contributed by atoms with Crippen LogP contribution in [-0.2, 0) is 11.3 Å². The van der Waals surface area contributed by atoms with Gasteiger partial charge in [-0.1, -0.05) is 24.6 Å². The number of rotatable bonds is 5. The van der Waals surface area contributed by atoms with Crippen molar-refractivity contribution in [1.82, 2.24) is 19.6 Å². The van der Waals surface area contributed by atoms with E-state index in [9.17, 15) is 4.79 Å². The summed E-state index contributed by atoms with van der Waals surface area (Å²) in [6.45, 7) is 5.69. The Morgan fingerprint density at radius 3 is 2.96 bits per heavy atom. The van der Waals surface area contributed by atoms with Crippen LogP contribution >= 0.6 is 11.6 Å². The Hall–Kier alpha value is -1.85. The monoisotopic (exact) mass is 372 g/mol. The van der Waals surface area contributed by atoms with Crippen LogP contribution in [0, 0.1) is 5.92 Å². The molecular weight excluding hydrogens is 348 g/mol. The van der Waals surface area contributed by atoms with Crippen LogP contribution in [-0.4, -0.2) is 51.2 Å². The molecule has 1 aromatic carbocycles. The number of halogens is 1. The van der Waals surface area contributed by atoms with E-state index in [1.807, 2.05) is 35.1 Å². The zero-order valence-corrected chi connectivity index (χ0v) is 15.9. The van der Waals surface area contributed by atoms with Crippen molar-refractivity contribution in [2.45, 2.75) is 38.8 Å². The Morgan fingerprint density at radius 2 is 2.15 bits per heavy atom. The van der Waals surface area contributed by atoms with Gasteiger partial charge < -0.3 is 4.90 Å². The Bertz CT molecular complexity index is 790. The fraction of sp³-hybridized carbons (Fsp3) is 0.500. The molecule has 4 heterocycles. The van der Waals surface area contributed by atoms with Gasteiger partial charge in [0, 0.05) is 49.0 Å². The van der Waals surface area contributed by atoms with E-state index in [0.717, 1.165) is 51.1 Å². The molecule has 3 aliphatic rings. The third kappa shape index (κ3) is 3.51. The van der Waals surface area contributed by atoms with Crippen molar-refractivity contribution in [2.75, 3.05) is 19.6 Å². The van der Waals surface area contributed by atoms with Crippen LogP contribution in [0.4, 0.5) is 0 Å². The smallest absolute Gasteiger partial charge is 0.227 e. The Balaban J connectivity index is 1.47. The van der Waals surface area contributed by atoms with Crippen LogP contribution in [0.2, 0.25) is 5.02 Å². The highest BCUT2D eigenvalue weighted by Gasteiger charge is 2.40. The Kier molecular flexibility index (Phi) is 5.00. The molecule has 138 valence electrons. The molecule has 0 saturated carbocycles. The molecule has 6 heteroatoms. The second-order valence-electron chi connectivity index (χ2n) is 7.43. The van der Waals surface area contributed by atoms with Gasteiger partial charge in [-0.3, -0.25) is 9.69 Å². The lowest BCUT2D eigenvalue weighted by Gasteiger charge is -2.35. The normalized spacial score (nSPS) is 23.5. The predicted molar refractivity (Wildman–Crippen MR) is 102 cm³/mol. The maximum absolute atomic E-state index is 12.7. The van der Waals surface area contributed by atoms with E-state index in [2.05, 4.69) is 28.0 Å². The molecule has 2 atom stereocenters. The zero-order valence-electron chi connectivity index (χ0n) is 15.1. The van der Waals surface area contributed by atoms with Gasteiger partial charge in [-0.15, -0.1) is 0 Å². The van der Waals surface area contributed by atoms with Crippen LogP contribution in [0.3, 0.4) is 0 Å². The first-order valence-corrected chi connectivity index (χ1v) is 9.84. The van der Waals surface area contributed by atoms with E-state index in [1.54, 1.807) is 0 Å². The highest BCUT2D eigenvalue weighted by atomic mass is 35.5. The van der Waals surface area contributed by atoms with Gasteiger partial charge in [0.05, 0.1) is 17.8 Å². The molecular formula is C20H25ClN4O. The minimum atomic E-state index is 0.156. The number of hydrogen-bond acceptors (Lipinski definition) is 3. The average Bonchev–Trinajstić information content (AvgIpc) is 2.94. The molecule has 0 unspecified atom stereocenters. The van der Waals surface area contributed by atoms with Crippen LogP contribution in [0.15, 0.2) is 36.7 Å². The van der Waals surface area contributed by atoms with Gasteiger partial charge in [0.15, 0.2) is 0 Å². The van der Waals surface area contributed by atoms with Crippen LogP contribution < -0.4 is 0 Å². The summed E-state index contributed by atoms with van der Waals surface area (Å²) < 4.78 is 1.86. The number of fused-ring (bicyclic) bond motifs is 4. The molecule has 0 radical (unpaired) electrons. The Labute approximate surface area is 159 Å². The first-order chi connectivity index (χ1) is 12.6. The van der Waals surface area contributed by atoms with Crippen LogP contribution in [0.1, 0.15) is 31.7 Å². The number of benzene rings is 1. The van der Waals surface area contributed by atoms with E-state index in [0.29, 0.717) is 17.0 Å². The lowest BCUT2D eigenvalue weighted by Crippen LogP contribution is -2.48. The summed E-state index contributed by atoms with van der Waals surface area (Å²) in [5, 5.41) is 5.19. The molecule has 2 bridgehead atoms. The van der Waals surface area contributed by atoms with Gasteiger partial charge in [0.2, 0.25) is 5.91 Å². The molecule has 5 rings (SSSR count). The van der Waals surface area contributed by atoms with Crippen molar-refractivity contribution in [1.29, 1.82) is 0 Å². The summed E-state index contributed by atoms with van der Waals surface area (Å²) in [4.78, 5) is 17.2. The minimum absolute atomic E-state index is 0.156. The minimum Gasteiger partial charge on any atom is -0.338 e. The summed E-state index contributed by atoms with van der Waals surface area (Å²) in [5.41, 5.74) is 2.13. The number of amides is 1. The molecule has 26 heavy (non-hydrogen) atoms. The number of carbonyl (C=O) groups excluding carboxylic acids is 1. The fourth-order valence-electron chi connectivity index (χ4n) is 4.25. The summed E-state index contributed by atoms with van der Waals surface area (Å²) >= 11 is 6.08. The van der Waals surface area contributed by atoms with Crippen molar-refractivity contribution < 1.29 is 4.79 Å². The second-order valence-corrected chi connectivity index (χ2v) is 7.86. The summed E-state index contributed by atoms with van der Waals surface area (Å²) in [6, 6.07) is 8.06. The SMILES string of the molecule is CCCN1C(=O)[C@H]2CC[C@@H]1CN(Cc1cnn(-c3cccc(Cl)c3)c1)C2. The standard InChI is InChI=1S/C20H25ClN4O/c1-2-8-24-19-7-6-16(20(24)26)13-23(14-19)11-15-10-22-25(12-15)18-5-3-4-17(21)9-18/h3-5,9-10,12,16,19H,2,6-8,11,13-14H2,1H3/t16-,19+/m0/s1. The van der Waals surface area contributed by atoms with Crippen molar-refractivity contribution in [3.8, 4) is 5.69 Å². The van der Waals surface area contributed by atoms with E-state index in [4.69, 9.17) is 11.6 Å². The average molecular weight is 373 g/mol. The quantitative estimate of drug-likeness (QED) is 0.808. The third-order valence-corrected chi connectivity index (χ3v) is 5.68. The Morgan fingerprint density at radius 1 is 1.27 bits per heavy atom. The molecule has 0 N–H and O–H groups in total. The second kappa shape index (κ2) is 7.41. The number of hydrogen-bond donors (Lipinski definition) is 0. The fourth-order valence-corrected chi connectivity index (χ4v) is 4.44. The van der Waals surface area contributed by atoms with Gasteiger partial charge in [-0.05, 0) is 37.5 Å². The zero-order chi connectivity index (χ0) is 18.1. The summed E-state index contributed by atoms with van der Waals surface area (Å²) in [7, 11) is 0. The molecule has 5 nitrogen and oxygen atoms in total. The van der Waals surface area contributed by atoms with E-state index in [-0.39, 0.29) is 5.92 Å². The molecule has 2 aromatic rings. The number of carbonyl (C=O) groups is 1. The van der Waals surface area contributed by atoms with E-state index in [1.165, 1.54) is 5.56 Å². The number of aromatic nitrogens is 2. The van der Waals surface area contributed by atoms with Crippen LogP contribution in [0.25, 0.3) is 5.69 Å². The van der Waals surface area contributed by atoms with Gasteiger partial charge >= 0.3 is 0 Å². The largest absolute Gasteiger partial charge is 0.338 e. The number of piperidine rings is 1. The molecule has 1 amide bonds. The van der Waals surface area contributed by atoms with E-state index >= 15 is 0 Å². The third-order valence-electron chi connectivity index (χ3n) is 5.45. The molecule has 3 aliphatic heterocycles. The maximum atomic E-state index is 12.7. The lowest BCUT2D eigenvalue weighted by atomic mass is 9.94. The molecule has 3 fully saturated rings. The highest BCUT2D eigenvalue weighted by Crippen LogP contribution is 2.30. The highest BCUT2D eigenvalue weighted by molar-refractivity contribution is 6.30. The summed E-state index contributed by atoms with van der Waals surface area (Å²) in [5.74, 6) is 0.517. The van der Waals surface area contributed by atoms with Crippen LogP contribution in [0.5, 0.6) is 0 Å². The van der Waals surface area contributed by atoms with Gasteiger partial charge in [0.25, 0.3) is 0 Å². The first-order valence-electron chi connectivity index (χ1n) is 9.46. The maximum Gasteiger partial charge on any atom is 0.227 e. The van der Waals surface area contributed by atoms with Crippen molar-refractivity contribution in [2.24, 2.45) is 5.92 Å². The van der Waals surface area contributed by atoms with Crippen molar-refractivity contribution in [3.05, 3.63) is 47.2 Å². The summed E-state index contributed by atoms with van der Waals surface area (Å²) in [6.07, 6.45) is 7.17. The first kappa shape index (κ1) is 17.6. The van der Waals surface area contributed by atoms with Gasteiger partial charge in [0.1, 0.15) is 0 Å². The molecule has 1 aromatic heterocycles. The van der Waals surface area contributed by atoms with Gasteiger partial charge in [-0.25, -0.2) is 4.68 Å². The van der Waals surface area contributed by atoms with E-state index < -0.39 is 0 Å². The topological polar surface area (TPSA) is 41.4 Å².